The molecule has 2 aromatic carbocycles. The van der Waals surface area contributed by atoms with Crippen LogP contribution in [0.4, 0.5) is 0 Å². The molecule has 184 valence electrons. The maximum atomic E-state index is 12.4. The van der Waals surface area contributed by atoms with Crippen LogP contribution in [0.5, 0.6) is 0 Å². The second kappa shape index (κ2) is 10.0. The van der Waals surface area contributed by atoms with Crippen molar-refractivity contribution in [3.63, 3.8) is 0 Å². The molecule has 3 aromatic rings. The van der Waals surface area contributed by atoms with E-state index in [1.54, 1.807) is 18.4 Å². The minimum absolute atomic E-state index is 0.260. The third kappa shape index (κ3) is 4.57. The van der Waals surface area contributed by atoms with Gasteiger partial charge in [0.15, 0.2) is 11.2 Å². The highest BCUT2D eigenvalue weighted by molar-refractivity contribution is 7.80. The lowest BCUT2D eigenvalue weighted by molar-refractivity contribution is 0.445. The van der Waals surface area contributed by atoms with Crippen LogP contribution < -0.4 is 10.0 Å². The monoisotopic (exact) mass is 488 g/mol. The Hall–Kier alpha value is -2.83. The van der Waals surface area contributed by atoms with Gasteiger partial charge in [-0.1, -0.05) is 68.8 Å². The van der Waals surface area contributed by atoms with E-state index >= 15 is 0 Å². The number of aromatic nitrogens is 1. The predicted octanol–water partition coefficient (Wildman–Crippen LogP) is 5.71. The van der Waals surface area contributed by atoms with Crippen LogP contribution in [0.3, 0.4) is 0 Å². The second-order valence-corrected chi connectivity index (χ2v) is 11.4. The molecule has 5 nitrogen and oxygen atoms in total. The molecule has 0 spiro atoms. The van der Waals surface area contributed by atoms with Gasteiger partial charge in [-0.2, -0.15) is 0 Å². The number of hydrogen-bond acceptors (Lipinski definition) is 2. The van der Waals surface area contributed by atoms with E-state index in [0.29, 0.717) is 11.6 Å². The van der Waals surface area contributed by atoms with Gasteiger partial charge in [0, 0.05) is 54.4 Å². The van der Waals surface area contributed by atoms with Crippen molar-refractivity contribution in [3.8, 4) is 11.3 Å². The van der Waals surface area contributed by atoms with E-state index in [4.69, 9.17) is 0 Å². The topological polar surface area (TPSA) is 49.3 Å². The van der Waals surface area contributed by atoms with Crippen LogP contribution >= 0.6 is 0 Å². The van der Waals surface area contributed by atoms with E-state index in [1.165, 1.54) is 65.4 Å². The Morgan fingerprint density at radius 2 is 1.91 bits per heavy atom. The van der Waals surface area contributed by atoms with Gasteiger partial charge in [-0.3, -0.25) is 4.72 Å². The molecule has 2 N–H and O–H groups in total. The first-order valence-corrected chi connectivity index (χ1v) is 13.7. The summed E-state index contributed by atoms with van der Waals surface area (Å²) in [6.07, 6.45) is 9.22. The molecule has 1 aromatic heterocycles. The standard InChI is InChI=1S/C29H36N4OS/c1-5-30-24-17-23-13-9-10-14-25(23)29-28(21-11-7-6-8-12-21)26-16-15-22(18-27(26)33(29)19-24)20(2)31-35(34)32(3)4/h5,9-10,13-16,18,21,24,30-31H,1-2,6-8,11-12,17,19H2,3-4H3. The Kier molecular flexibility index (Phi) is 6.85. The quantitative estimate of drug-likeness (QED) is 0.447. The van der Waals surface area contributed by atoms with Crippen LogP contribution in [0, 0.1) is 0 Å². The molecule has 1 aliphatic heterocycles. The summed E-state index contributed by atoms with van der Waals surface area (Å²) in [7, 11) is 3.57. The molecule has 2 unspecified atom stereocenters. The van der Waals surface area contributed by atoms with E-state index in [0.717, 1.165) is 18.5 Å². The molecule has 6 heteroatoms. The van der Waals surface area contributed by atoms with Gasteiger partial charge in [0.2, 0.25) is 0 Å². The third-order valence-corrected chi connectivity index (χ3v) is 8.59. The zero-order valence-electron chi connectivity index (χ0n) is 20.8. The van der Waals surface area contributed by atoms with Crippen LogP contribution in [-0.2, 0) is 24.1 Å². The zero-order valence-corrected chi connectivity index (χ0v) is 21.7. The molecular weight excluding hydrogens is 452 g/mol. The van der Waals surface area contributed by atoms with E-state index in [2.05, 4.69) is 70.2 Å². The first-order chi connectivity index (χ1) is 17.0. The molecule has 1 saturated carbocycles. The largest absolute Gasteiger partial charge is 0.386 e. The van der Waals surface area contributed by atoms with Gasteiger partial charge in [0.25, 0.3) is 0 Å². The van der Waals surface area contributed by atoms with Crippen molar-refractivity contribution in [2.24, 2.45) is 0 Å². The van der Waals surface area contributed by atoms with Crippen molar-refractivity contribution in [1.82, 2.24) is 18.9 Å². The maximum absolute atomic E-state index is 12.4. The van der Waals surface area contributed by atoms with E-state index in [1.807, 2.05) is 6.20 Å². The first-order valence-electron chi connectivity index (χ1n) is 12.6. The fourth-order valence-electron chi connectivity index (χ4n) is 5.86. The molecule has 1 fully saturated rings. The Balaban J connectivity index is 1.72. The predicted molar refractivity (Wildman–Crippen MR) is 148 cm³/mol. The van der Waals surface area contributed by atoms with Crippen molar-refractivity contribution in [2.75, 3.05) is 14.1 Å². The molecule has 2 atom stereocenters. The SMILES string of the molecule is C=CNC1Cc2ccccc2-c2c(C3CCCCC3)c3ccc(C(=C)NS(=O)N(C)C)cc3n2C1. The van der Waals surface area contributed by atoms with Crippen LogP contribution in [0.2, 0.25) is 0 Å². The fourth-order valence-corrected chi connectivity index (χ4v) is 6.37. The van der Waals surface area contributed by atoms with Gasteiger partial charge < -0.3 is 9.88 Å². The van der Waals surface area contributed by atoms with Crippen LogP contribution in [0.25, 0.3) is 27.9 Å². The Bertz CT molecular complexity index is 1290. The van der Waals surface area contributed by atoms with E-state index < -0.39 is 11.2 Å². The third-order valence-electron chi connectivity index (χ3n) is 7.50. The summed E-state index contributed by atoms with van der Waals surface area (Å²) in [5, 5.41) is 4.84. The van der Waals surface area contributed by atoms with Gasteiger partial charge in [-0.05, 0) is 48.6 Å². The van der Waals surface area contributed by atoms with Gasteiger partial charge in [-0.15, -0.1) is 0 Å². The number of nitrogens with zero attached hydrogens (tertiary/aromatic N) is 2. The summed E-state index contributed by atoms with van der Waals surface area (Å²) >= 11 is -1.32. The summed E-state index contributed by atoms with van der Waals surface area (Å²) in [4.78, 5) is 0. The van der Waals surface area contributed by atoms with Crippen LogP contribution in [-0.4, -0.2) is 33.2 Å². The van der Waals surface area contributed by atoms with Crippen molar-refractivity contribution >= 4 is 27.8 Å². The van der Waals surface area contributed by atoms with Crippen molar-refractivity contribution in [1.29, 1.82) is 0 Å². The molecule has 35 heavy (non-hydrogen) atoms. The van der Waals surface area contributed by atoms with Crippen molar-refractivity contribution in [2.45, 2.75) is 57.0 Å². The smallest absolute Gasteiger partial charge is 0.195 e. The average Bonchev–Trinajstić information content (AvgIpc) is 3.08. The summed E-state index contributed by atoms with van der Waals surface area (Å²) in [5.41, 5.74) is 8.49. The summed E-state index contributed by atoms with van der Waals surface area (Å²) in [6.45, 7) is 9.01. The van der Waals surface area contributed by atoms with Crippen LogP contribution in [0.1, 0.15) is 54.7 Å². The lowest BCUT2D eigenvalue weighted by Gasteiger charge is -2.24. The summed E-state index contributed by atoms with van der Waals surface area (Å²) in [6, 6.07) is 15.8. The molecule has 0 saturated heterocycles. The highest BCUT2D eigenvalue weighted by Crippen LogP contribution is 2.46. The molecule has 0 amide bonds. The van der Waals surface area contributed by atoms with Crippen molar-refractivity contribution < 1.29 is 4.21 Å². The number of hydrogen-bond donors (Lipinski definition) is 2. The van der Waals surface area contributed by atoms with E-state index in [9.17, 15) is 4.21 Å². The van der Waals surface area contributed by atoms with Gasteiger partial charge in [0.05, 0.1) is 5.69 Å². The van der Waals surface area contributed by atoms with E-state index in [-0.39, 0.29) is 6.04 Å². The van der Waals surface area contributed by atoms with Crippen LogP contribution in [0.15, 0.2) is 61.8 Å². The second-order valence-electron chi connectivity index (χ2n) is 10.0. The number of rotatable bonds is 7. The number of fused-ring (bicyclic) bond motifs is 5. The molecule has 0 radical (unpaired) electrons. The van der Waals surface area contributed by atoms with Gasteiger partial charge >= 0.3 is 0 Å². The number of benzene rings is 2. The summed E-state index contributed by atoms with van der Waals surface area (Å²) in [5.74, 6) is 0.577. The first kappa shape index (κ1) is 23.9. The average molecular weight is 489 g/mol. The normalized spacial score (nSPS) is 19.0. The minimum atomic E-state index is -1.32. The molecule has 0 bridgehead atoms. The Morgan fingerprint density at radius 3 is 2.66 bits per heavy atom. The maximum Gasteiger partial charge on any atom is 0.195 e. The fraction of sp³-hybridized carbons (Fsp3) is 0.379. The molecule has 2 aliphatic rings. The lowest BCUT2D eigenvalue weighted by atomic mass is 9.81. The Labute approximate surface area is 211 Å². The molecular formula is C29H36N4OS. The molecule has 5 rings (SSSR count). The van der Waals surface area contributed by atoms with Gasteiger partial charge in [0.1, 0.15) is 0 Å². The van der Waals surface area contributed by atoms with Gasteiger partial charge in [-0.25, -0.2) is 8.51 Å². The highest BCUT2D eigenvalue weighted by atomic mass is 32.2. The minimum Gasteiger partial charge on any atom is -0.386 e. The summed E-state index contributed by atoms with van der Waals surface area (Å²) < 4.78 is 19.6. The number of nitrogens with one attached hydrogen (secondary N) is 2. The molecule has 1 aliphatic carbocycles. The Morgan fingerprint density at radius 1 is 1.14 bits per heavy atom. The lowest BCUT2D eigenvalue weighted by Crippen LogP contribution is -2.30. The zero-order chi connectivity index (χ0) is 24.5. The molecule has 2 heterocycles. The highest BCUT2D eigenvalue weighted by Gasteiger charge is 2.30. The van der Waals surface area contributed by atoms with Crippen molar-refractivity contribution in [3.05, 3.63) is 78.5 Å².